The summed E-state index contributed by atoms with van der Waals surface area (Å²) in [6.07, 6.45) is 0.856. The summed E-state index contributed by atoms with van der Waals surface area (Å²) in [6.45, 7) is 2.62. The molecular weight excluding hydrogens is 244 g/mol. The molecule has 0 fully saturated rings. The third-order valence-corrected chi connectivity index (χ3v) is 3.70. The fraction of sp³-hybridized carbons (Fsp3) is 0.357. The first-order valence-corrected chi connectivity index (χ1v) is 6.51. The lowest BCUT2D eigenvalue weighted by atomic mass is 10.0. The molecule has 2 aliphatic heterocycles. The van der Waals surface area contributed by atoms with Crippen molar-refractivity contribution in [3.8, 4) is 11.5 Å². The van der Waals surface area contributed by atoms with E-state index < -0.39 is 0 Å². The number of fused-ring (bicyclic) bond motifs is 3. The number of benzene rings is 1. The standard InChI is InChI=1S/C14H14N2O3/c17-14-8-5-12-13(19-4-3-18-12)6-11(8)16-10-1-2-15-7-9(10)14/h5-6,15H,1-4,7H2,(H,16,17). The summed E-state index contributed by atoms with van der Waals surface area (Å²) in [4.78, 5) is 15.9. The van der Waals surface area contributed by atoms with E-state index in [1.807, 2.05) is 6.07 Å². The van der Waals surface area contributed by atoms with Gasteiger partial charge < -0.3 is 19.8 Å². The summed E-state index contributed by atoms with van der Waals surface area (Å²) in [5.41, 5.74) is 2.80. The van der Waals surface area contributed by atoms with Crippen LogP contribution in [-0.4, -0.2) is 24.7 Å². The van der Waals surface area contributed by atoms with Gasteiger partial charge in [0.15, 0.2) is 16.9 Å². The maximum atomic E-state index is 12.5. The second-order valence-electron chi connectivity index (χ2n) is 4.88. The Bertz CT molecular complexity index is 715. The first-order chi connectivity index (χ1) is 9.33. The van der Waals surface area contributed by atoms with Crippen molar-refractivity contribution in [2.75, 3.05) is 19.8 Å². The summed E-state index contributed by atoms with van der Waals surface area (Å²) in [5.74, 6) is 1.37. The molecule has 0 unspecified atom stereocenters. The van der Waals surface area contributed by atoms with Gasteiger partial charge in [0, 0.05) is 42.2 Å². The molecule has 0 atom stereocenters. The fourth-order valence-corrected chi connectivity index (χ4v) is 2.74. The van der Waals surface area contributed by atoms with E-state index in [0.29, 0.717) is 36.6 Å². The van der Waals surface area contributed by atoms with Crippen molar-refractivity contribution in [1.29, 1.82) is 0 Å². The molecule has 98 valence electrons. The van der Waals surface area contributed by atoms with Crippen molar-refractivity contribution in [3.05, 3.63) is 33.6 Å². The molecule has 0 saturated heterocycles. The highest BCUT2D eigenvalue weighted by atomic mass is 16.6. The van der Waals surface area contributed by atoms with Gasteiger partial charge in [-0.3, -0.25) is 4.79 Å². The SMILES string of the molecule is O=c1c2c([nH]c3cc4c(cc13)OCCO4)CCNC2. The summed E-state index contributed by atoms with van der Waals surface area (Å²) in [7, 11) is 0. The van der Waals surface area contributed by atoms with E-state index in [2.05, 4.69) is 10.3 Å². The Morgan fingerprint density at radius 2 is 1.89 bits per heavy atom. The van der Waals surface area contributed by atoms with Crippen molar-refractivity contribution in [2.45, 2.75) is 13.0 Å². The zero-order chi connectivity index (χ0) is 12.8. The van der Waals surface area contributed by atoms with E-state index in [4.69, 9.17) is 9.47 Å². The third-order valence-electron chi connectivity index (χ3n) is 3.70. The number of ether oxygens (including phenoxy) is 2. The van der Waals surface area contributed by atoms with Crippen LogP contribution in [0.25, 0.3) is 10.9 Å². The largest absolute Gasteiger partial charge is 0.486 e. The Kier molecular flexibility index (Phi) is 2.29. The van der Waals surface area contributed by atoms with Gasteiger partial charge in [-0.15, -0.1) is 0 Å². The second-order valence-corrected chi connectivity index (χ2v) is 4.88. The van der Waals surface area contributed by atoms with Crippen LogP contribution in [0.2, 0.25) is 0 Å². The minimum atomic E-state index is 0.0907. The van der Waals surface area contributed by atoms with Crippen molar-refractivity contribution < 1.29 is 9.47 Å². The predicted octanol–water partition coefficient (Wildman–Crippen LogP) is 0.945. The van der Waals surface area contributed by atoms with Crippen molar-refractivity contribution in [2.24, 2.45) is 0 Å². The topological polar surface area (TPSA) is 63.4 Å². The van der Waals surface area contributed by atoms with E-state index in [0.717, 1.165) is 29.7 Å². The summed E-state index contributed by atoms with van der Waals surface area (Å²) in [6, 6.07) is 3.66. The van der Waals surface area contributed by atoms with Crippen LogP contribution in [0.15, 0.2) is 16.9 Å². The molecule has 5 heteroatoms. The Morgan fingerprint density at radius 1 is 1.11 bits per heavy atom. The van der Waals surface area contributed by atoms with E-state index in [1.165, 1.54) is 0 Å². The molecule has 3 heterocycles. The number of pyridine rings is 1. The van der Waals surface area contributed by atoms with Gasteiger partial charge in [-0.2, -0.15) is 0 Å². The third kappa shape index (κ3) is 1.62. The molecule has 19 heavy (non-hydrogen) atoms. The van der Waals surface area contributed by atoms with Crippen molar-refractivity contribution >= 4 is 10.9 Å². The lowest BCUT2D eigenvalue weighted by Crippen LogP contribution is -2.30. The van der Waals surface area contributed by atoms with Gasteiger partial charge in [0.25, 0.3) is 0 Å². The van der Waals surface area contributed by atoms with Gasteiger partial charge in [0.1, 0.15) is 13.2 Å². The van der Waals surface area contributed by atoms with Crippen LogP contribution in [-0.2, 0) is 13.0 Å². The van der Waals surface area contributed by atoms with Crippen LogP contribution in [0.3, 0.4) is 0 Å². The van der Waals surface area contributed by atoms with Gasteiger partial charge in [-0.05, 0) is 6.07 Å². The number of aromatic nitrogens is 1. The smallest absolute Gasteiger partial charge is 0.194 e. The monoisotopic (exact) mass is 258 g/mol. The van der Waals surface area contributed by atoms with Crippen LogP contribution in [0.1, 0.15) is 11.3 Å². The van der Waals surface area contributed by atoms with Crippen molar-refractivity contribution in [3.63, 3.8) is 0 Å². The van der Waals surface area contributed by atoms with Crippen LogP contribution < -0.4 is 20.2 Å². The van der Waals surface area contributed by atoms with Gasteiger partial charge >= 0.3 is 0 Å². The van der Waals surface area contributed by atoms with E-state index >= 15 is 0 Å². The number of hydrogen-bond donors (Lipinski definition) is 2. The number of hydrogen-bond acceptors (Lipinski definition) is 4. The average molecular weight is 258 g/mol. The first-order valence-electron chi connectivity index (χ1n) is 6.51. The molecule has 0 radical (unpaired) electrons. The maximum absolute atomic E-state index is 12.5. The summed E-state index contributed by atoms with van der Waals surface area (Å²) in [5, 5.41) is 3.91. The fourth-order valence-electron chi connectivity index (χ4n) is 2.74. The molecule has 0 amide bonds. The van der Waals surface area contributed by atoms with E-state index in [-0.39, 0.29) is 5.43 Å². The zero-order valence-electron chi connectivity index (χ0n) is 10.4. The molecule has 1 aromatic heterocycles. The molecule has 0 spiro atoms. The molecule has 0 aliphatic carbocycles. The van der Waals surface area contributed by atoms with Gasteiger partial charge in [0.05, 0.1) is 5.52 Å². The maximum Gasteiger partial charge on any atom is 0.194 e. The van der Waals surface area contributed by atoms with Crippen LogP contribution in [0.5, 0.6) is 11.5 Å². The number of H-pyrrole nitrogens is 1. The van der Waals surface area contributed by atoms with Crippen molar-refractivity contribution in [1.82, 2.24) is 10.3 Å². The normalized spacial score (nSPS) is 17.3. The quantitative estimate of drug-likeness (QED) is 0.738. The number of aromatic amines is 1. The van der Waals surface area contributed by atoms with Crippen LogP contribution in [0, 0.1) is 0 Å². The molecule has 0 bridgehead atoms. The molecular formula is C14H14N2O3. The lowest BCUT2D eigenvalue weighted by molar-refractivity contribution is 0.172. The zero-order valence-corrected chi connectivity index (χ0v) is 10.4. The average Bonchev–Trinajstić information content (AvgIpc) is 2.46. The highest BCUT2D eigenvalue weighted by Crippen LogP contribution is 2.33. The lowest BCUT2D eigenvalue weighted by Gasteiger charge is -2.21. The van der Waals surface area contributed by atoms with E-state index in [9.17, 15) is 4.79 Å². The Labute approximate surface area is 109 Å². The number of nitrogens with one attached hydrogen (secondary N) is 2. The minimum absolute atomic E-state index is 0.0907. The molecule has 2 N–H and O–H groups in total. The molecule has 2 aliphatic rings. The van der Waals surface area contributed by atoms with Crippen LogP contribution >= 0.6 is 0 Å². The Morgan fingerprint density at radius 3 is 2.74 bits per heavy atom. The second kappa shape index (κ2) is 3.99. The molecule has 4 rings (SSSR count). The highest BCUT2D eigenvalue weighted by molar-refractivity contribution is 5.83. The van der Waals surface area contributed by atoms with Gasteiger partial charge in [0.2, 0.25) is 0 Å². The minimum Gasteiger partial charge on any atom is -0.486 e. The first kappa shape index (κ1) is 10.9. The van der Waals surface area contributed by atoms with E-state index in [1.54, 1.807) is 6.07 Å². The molecule has 2 aromatic rings. The highest BCUT2D eigenvalue weighted by Gasteiger charge is 2.19. The molecule has 5 nitrogen and oxygen atoms in total. The van der Waals surface area contributed by atoms with Crippen LogP contribution in [0.4, 0.5) is 0 Å². The Balaban J connectivity index is 2.02. The summed E-state index contributed by atoms with van der Waals surface area (Å²) < 4.78 is 11.1. The summed E-state index contributed by atoms with van der Waals surface area (Å²) >= 11 is 0. The van der Waals surface area contributed by atoms with Gasteiger partial charge in [-0.1, -0.05) is 0 Å². The molecule has 0 saturated carbocycles. The number of rotatable bonds is 0. The van der Waals surface area contributed by atoms with Gasteiger partial charge in [-0.25, -0.2) is 0 Å². The molecule has 1 aromatic carbocycles. The Hall–Kier alpha value is -2.01. The predicted molar refractivity (Wildman–Crippen MR) is 71.0 cm³/mol.